The van der Waals surface area contributed by atoms with E-state index in [-0.39, 0.29) is 17.7 Å². The molecule has 190 valence electrons. The first-order chi connectivity index (χ1) is 17.9. The molecule has 37 heavy (non-hydrogen) atoms. The number of nitrogens with zero attached hydrogens (tertiary/aromatic N) is 3. The van der Waals surface area contributed by atoms with E-state index in [0.29, 0.717) is 52.3 Å². The maximum Gasteiger partial charge on any atom is 0.275 e. The molecule has 2 aromatic carbocycles. The molecule has 2 aromatic heterocycles. The van der Waals surface area contributed by atoms with Gasteiger partial charge in [0.15, 0.2) is 0 Å². The summed E-state index contributed by atoms with van der Waals surface area (Å²) in [5, 5.41) is 10.1. The van der Waals surface area contributed by atoms with Gasteiger partial charge in [-0.3, -0.25) is 9.59 Å². The molecule has 1 N–H and O–H groups in total. The molecule has 0 bridgehead atoms. The highest BCUT2D eigenvalue weighted by Crippen LogP contribution is 2.33. The van der Waals surface area contributed by atoms with Gasteiger partial charge in [0.25, 0.3) is 11.8 Å². The van der Waals surface area contributed by atoms with Gasteiger partial charge in [-0.05, 0) is 38.0 Å². The molecule has 8 nitrogen and oxygen atoms in total. The molecule has 1 aliphatic rings. The second-order valence-electron chi connectivity index (χ2n) is 8.76. The minimum absolute atomic E-state index is 0.0780. The van der Waals surface area contributed by atoms with Gasteiger partial charge in [0, 0.05) is 35.0 Å². The lowest BCUT2D eigenvalue weighted by molar-refractivity contribution is 0.0711. The summed E-state index contributed by atoms with van der Waals surface area (Å²) in [5.41, 5.74) is 2.75. The number of nitrogens with one attached hydrogen (secondary N) is 1. The monoisotopic (exact) mass is 536 g/mol. The van der Waals surface area contributed by atoms with E-state index in [1.807, 2.05) is 35.2 Å². The molecule has 4 aromatic rings. The molecule has 3 heterocycles. The lowest BCUT2D eigenvalue weighted by atomic mass is 9.96. The fraction of sp³-hybridized carbons (Fsp3) is 0.259. The van der Waals surface area contributed by atoms with Crippen LogP contribution in [0.25, 0.3) is 11.3 Å². The quantitative estimate of drug-likeness (QED) is 0.322. The number of halogens is 1. The smallest absolute Gasteiger partial charge is 0.275 e. The number of piperidine rings is 1. The van der Waals surface area contributed by atoms with Crippen molar-refractivity contribution in [2.75, 3.05) is 25.5 Å². The van der Waals surface area contributed by atoms with E-state index in [9.17, 15) is 9.59 Å². The summed E-state index contributed by atoms with van der Waals surface area (Å²) in [5.74, 6) is 0.799. The third-order valence-electron chi connectivity index (χ3n) is 6.42. The SMILES string of the molecule is COc1ccc(Cl)cc1NC(=O)c1csc(C2CCN(C(=O)c3c(-c4ccccc4)noc3C)CC2)n1. The number of hydrogen-bond donors (Lipinski definition) is 1. The number of carbonyl (C=O) groups is 2. The zero-order valence-corrected chi connectivity index (χ0v) is 21.9. The van der Waals surface area contributed by atoms with Crippen molar-refractivity contribution < 1.29 is 18.8 Å². The molecule has 0 atom stereocenters. The van der Waals surface area contributed by atoms with Crippen molar-refractivity contribution in [3.63, 3.8) is 0 Å². The molecule has 0 saturated carbocycles. The van der Waals surface area contributed by atoms with Gasteiger partial charge in [0.2, 0.25) is 0 Å². The van der Waals surface area contributed by atoms with E-state index >= 15 is 0 Å². The fourth-order valence-corrected chi connectivity index (χ4v) is 5.59. The van der Waals surface area contributed by atoms with Crippen LogP contribution in [-0.2, 0) is 0 Å². The number of carbonyl (C=O) groups excluding carboxylic acids is 2. The number of anilines is 1. The molecule has 1 aliphatic heterocycles. The molecule has 0 aliphatic carbocycles. The Morgan fingerprint density at radius 1 is 1.16 bits per heavy atom. The lowest BCUT2D eigenvalue weighted by Gasteiger charge is -2.31. The molecular formula is C27H25ClN4O4S. The van der Waals surface area contributed by atoms with Crippen LogP contribution in [0.2, 0.25) is 5.02 Å². The molecule has 1 saturated heterocycles. The van der Waals surface area contributed by atoms with Gasteiger partial charge in [0.05, 0.1) is 17.8 Å². The number of thiazole rings is 1. The number of likely N-dealkylation sites (tertiary alicyclic amines) is 1. The normalized spacial score (nSPS) is 14.0. The Morgan fingerprint density at radius 2 is 1.92 bits per heavy atom. The second kappa shape index (κ2) is 10.7. The third-order valence-corrected chi connectivity index (χ3v) is 7.66. The molecule has 1 fully saturated rings. The summed E-state index contributed by atoms with van der Waals surface area (Å²) in [4.78, 5) is 32.7. The molecule has 0 unspecified atom stereocenters. The van der Waals surface area contributed by atoms with E-state index < -0.39 is 0 Å². The lowest BCUT2D eigenvalue weighted by Crippen LogP contribution is -2.38. The van der Waals surface area contributed by atoms with Gasteiger partial charge in [-0.25, -0.2) is 4.98 Å². The average molecular weight is 537 g/mol. The minimum Gasteiger partial charge on any atom is -0.495 e. The number of aryl methyl sites for hydroxylation is 1. The number of ether oxygens (including phenoxy) is 1. The third kappa shape index (κ3) is 5.23. The van der Waals surface area contributed by atoms with Crippen LogP contribution in [0.1, 0.15) is 50.4 Å². The highest BCUT2D eigenvalue weighted by molar-refractivity contribution is 7.10. The first-order valence-corrected chi connectivity index (χ1v) is 13.1. The number of benzene rings is 2. The van der Waals surface area contributed by atoms with Crippen LogP contribution in [0, 0.1) is 6.92 Å². The maximum atomic E-state index is 13.4. The maximum absolute atomic E-state index is 13.4. The number of aromatic nitrogens is 2. The molecule has 5 rings (SSSR count). The average Bonchev–Trinajstić information content (AvgIpc) is 3.56. The van der Waals surface area contributed by atoms with Crippen molar-refractivity contribution >= 4 is 40.4 Å². The highest BCUT2D eigenvalue weighted by Gasteiger charge is 2.31. The van der Waals surface area contributed by atoms with E-state index in [4.69, 9.17) is 20.9 Å². The van der Waals surface area contributed by atoms with Crippen molar-refractivity contribution in [1.29, 1.82) is 0 Å². The zero-order valence-electron chi connectivity index (χ0n) is 20.4. The van der Waals surface area contributed by atoms with Crippen LogP contribution >= 0.6 is 22.9 Å². The summed E-state index contributed by atoms with van der Waals surface area (Å²) in [6.07, 6.45) is 1.51. The van der Waals surface area contributed by atoms with E-state index in [1.54, 1.807) is 30.5 Å². The van der Waals surface area contributed by atoms with E-state index in [2.05, 4.69) is 15.5 Å². The van der Waals surface area contributed by atoms with Crippen molar-refractivity contribution in [2.45, 2.75) is 25.7 Å². The topological polar surface area (TPSA) is 97.6 Å². The van der Waals surface area contributed by atoms with Gasteiger partial charge < -0.3 is 19.5 Å². The molecule has 0 spiro atoms. The number of hydrogen-bond acceptors (Lipinski definition) is 7. The van der Waals surface area contributed by atoms with Crippen LogP contribution in [0.15, 0.2) is 58.4 Å². The zero-order chi connectivity index (χ0) is 25.9. The minimum atomic E-state index is -0.327. The van der Waals surface area contributed by atoms with Gasteiger partial charge in [-0.1, -0.05) is 47.1 Å². The van der Waals surface area contributed by atoms with Crippen molar-refractivity contribution in [1.82, 2.24) is 15.0 Å². The molecule has 0 radical (unpaired) electrons. The van der Waals surface area contributed by atoms with Crippen molar-refractivity contribution in [2.24, 2.45) is 0 Å². The fourth-order valence-electron chi connectivity index (χ4n) is 4.45. The summed E-state index contributed by atoms with van der Waals surface area (Å²) in [6.45, 7) is 2.94. The van der Waals surface area contributed by atoms with Gasteiger partial charge in [-0.15, -0.1) is 11.3 Å². The van der Waals surface area contributed by atoms with Crippen molar-refractivity contribution in [3.05, 3.63) is 81.0 Å². The molecular weight excluding hydrogens is 512 g/mol. The highest BCUT2D eigenvalue weighted by atomic mass is 35.5. The summed E-state index contributed by atoms with van der Waals surface area (Å²) >= 11 is 7.53. The first-order valence-electron chi connectivity index (χ1n) is 11.9. The van der Waals surface area contributed by atoms with E-state index in [0.717, 1.165) is 23.4 Å². The molecule has 2 amide bonds. The summed E-state index contributed by atoms with van der Waals surface area (Å²) in [6, 6.07) is 14.6. The van der Waals surface area contributed by atoms with Crippen LogP contribution in [0.4, 0.5) is 5.69 Å². The van der Waals surface area contributed by atoms with Crippen LogP contribution in [0.5, 0.6) is 5.75 Å². The van der Waals surface area contributed by atoms with Crippen LogP contribution < -0.4 is 10.1 Å². The Labute approximate surface area is 223 Å². The van der Waals surface area contributed by atoms with Gasteiger partial charge >= 0.3 is 0 Å². The molecule has 10 heteroatoms. The Balaban J connectivity index is 1.24. The number of amides is 2. The Kier molecular flexibility index (Phi) is 7.25. The predicted octanol–water partition coefficient (Wildman–Crippen LogP) is 6.04. The van der Waals surface area contributed by atoms with Crippen LogP contribution in [0.3, 0.4) is 0 Å². The Morgan fingerprint density at radius 3 is 2.65 bits per heavy atom. The standard InChI is InChI=1S/C27H25ClN4O4S/c1-16-23(24(31-36-16)17-6-4-3-5-7-17)27(34)32-12-10-18(11-13-32)26-30-21(15-37-26)25(33)29-20-14-19(28)8-9-22(20)35-2/h3-9,14-15,18H,10-13H2,1-2H3,(H,29,33). The first kappa shape index (κ1) is 25.0. The van der Waals surface area contributed by atoms with Gasteiger partial charge in [0.1, 0.15) is 28.5 Å². The predicted molar refractivity (Wildman–Crippen MR) is 143 cm³/mol. The number of methoxy groups -OCH3 is 1. The Hall–Kier alpha value is -3.69. The second-order valence-corrected chi connectivity index (χ2v) is 10.1. The van der Waals surface area contributed by atoms with Crippen LogP contribution in [-0.4, -0.2) is 47.1 Å². The van der Waals surface area contributed by atoms with Gasteiger partial charge in [-0.2, -0.15) is 0 Å². The summed E-state index contributed by atoms with van der Waals surface area (Å²) in [7, 11) is 1.53. The largest absolute Gasteiger partial charge is 0.495 e. The number of rotatable bonds is 6. The van der Waals surface area contributed by atoms with E-state index in [1.165, 1.54) is 18.4 Å². The Bertz CT molecular complexity index is 1430. The van der Waals surface area contributed by atoms with Crippen molar-refractivity contribution in [3.8, 4) is 17.0 Å². The summed E-state index contributed by atoms with van der Waals surface area (Å²) < 4.78 is 10.7.